The molecule has 7 heteroatoms. The summed E-state index contributed by atoms with van der Waals surface area (Å²) in [4.78, 5) is 29.3. The predicted molar refractivity (Wildman–Crippen MR) is 95.7 cm³/mol. The highest BCUT2D eigenvalue weighted by atomic mass is 35.5. The number of cyclic esters (lactones) is 1. The molecule has 2 aromatic rings. The second-order valence-corrected chi connectivity index (χ2v) is 7.86. The molecule has 24 heavy (non-hydrogen) atoms. The van der Waals surface area contributed by atoms with Crippen LogP contribution in [-0.2, 0) is 16.1 Å². The summed E-state index contributed by atoms with van der Waals surface area (Å²) in [5.74, 6) is 0.225. The van der Waals surface area contributed by atoms with Gasteiger partial charge in [0.2, 0.25) is 0 Å². The lowest BCUT2D eigenvalue weighted by atomic mass is 10.1. The van der Waals surface area contributed by atoms with E-state index in [0.717, 1.165) is 6.42 Å². The van der Waals surface area contributed by atoms with E-state index < -0.39 is 0 Å². The van der Waals surface area contributed by atoms with Gasteiger partial charge in [0.15, 0.2) is 5.16 Å². The lowest BCUT2D eigenvalue weighted by Crippen LogP contribution is -2.25. The second-order valence-electron chi connectivity index (χ2n) is 6.26. The summed E-state index contributed by atoms with van der Waals surface area (Å²) in [5.41, 5.74) is 0.466. The molecular formula is C17H19ClN2O3S. The average Bonchev–Trinajstić information content (AvgIpc) is 2.91. The Morgan fingerprint density at radius 3 is 2.88 bits per heavy atom. The number of benzene rings is 1. The number of hydrogen-bond acceptors (Lipinski definition) is 5. The van der Waals surface area contributed by atoms with E-state index in [9.17, 15) is 9.59 Å². The van der Waals surface area contributed by atoms with Crippen LogP contribution in [0.5, 0.6) is 0 Å². The highest BCUT2D eigenvalue weighted by Gasteiger charge is 2.29. The number of carbonyl (C=O) groups is 1. The molecule has 1 aromatic carbocycles. The minimum absolute atomic E-state index is 0.0915. The van der Waals surface area contributed by atoms with Crippen LogP contribution < -0.4 is 5.56 Å². The average molecular weight is 367 g/mol. The molecule has 1 fully saturated rings. The highest BCUT2D eigenvalue weighted by Crippen LogP contribution is 2.29. The quantitative estimate of drug-likeness (QED) is 0.598. The van der Waals surface area contributed by atoms with E-state index in [4.69, 9.17) is 16.3 Å². The van der Waals surface area contributed by atoms with Crippen molar-refractivity contribution in [2.24, 2.45) is 5.92 Å². The number of esters is 1. The Kier molecular flexibility index (Phi) is 5.15. The van der Waals surface area contributed by atoms with Crippen LogP contribution in [0, 0.1) is 5.92 Å². The van der Waals surface area contributed by atoms with Crippen molar-refractivity contribution in [3.63, 3.8) is 0 Å². The van der Waals surface area contributed by atoms with Gasteiger partial charge in [-0.15, -0.1) is 0 Å². The number of ether oxygens (including phenoxy) is 1. The monoisotopic (exact) mass is 366 g/mol. The van der Waals surface area contributed by atoms with E-state index >= 15 is 0 Å². The zero-order chi connectivity index (χ0) is 17.3. The first-order valence-corrected chi connectivity index (χ1v) is 9.25. The van der Waals surface area contributed by atoms with Crippen LogP contribution in [0.3, 0.4) is 0 Å². The van der Waals surface area contributed by atoms with Crippen LogP contribution in [0.4, 0.5) is 0 Å². The summed E-state index contributed by atoms with van der Waals surface area (Å²) in [6.07, 6.45) is 1.50. The lowest BCUT2D eigenvalue weighted by Gasteiger charge is -2.15. The van der Waals surface area contributed by atoms with Crippen LogP contribution in [0.25, 0.3) is 10.9 Å². The molecule has 1 aliphatic heterocycles. The molecule has 5 nitrogen and oxygen atoms in total. The summed E-state index contributed by atoms with van der Waals surface area (Å²) in [5, 5.41) is 1.32. The largest absolute Gasteiger partial charge is 0.465 e. The normalized spacial score (nSPS) is 17.7. The fourth-order valence-corrected chi connectivity index (χ4v) is 3.81. The molecule has 0 N–H and O–H groups in total. The van der Waals surface area contributed by atoms with Gasteiger partial charge in [-0.3, -0.25) is 14.2 Å². The summed E-state index contributed by atoms with van der Waals surface area (Å²) in [6.45, 7) is 5.22. The molecule has 0 spiro atoms. The fourth-order valence-electron chi connectivity index (χ4n) is 2.56. The Hall–Kier alpha value is -1.53. The number of hydrogen-bond donors (Lipinski definition) is 0. The Bertz CT molecular complexity index is 834. The zero-order valence-electron chi connectivity index (χ0n) is 13.6. The van der Waals surface area contributed by atoms with Gasteiger partial charge in [-0.25, -0.2) is 4.98 Å². The maximum absolute atomic E-state index is 12.9. The van der Waals surface area contributed by atoms with E-state index in [1.54, 1.807) is 22.8 Å². The number of nitrogens with zero attached hydrogens (tertiary/aromatic N) is 2. The number of halogens is 1. The van der Waals surface area contributed by atoms with Crippen molar-refractivity contribution in [2.45, 2.75) is 43.6 Å². The molecule has 1 unspecified atom stereocenters. The van der Waals surface area contributed by atoms with Crippen LogP contribution in [0.1, 0.15) is 26.7 Å². The first-order valence-electron chi connectivity index (χ1n) is 7.99. The first-order chi connectivity index (χ1) is 11.5. The summed E-state index contributed by atoms with van der Waals surface area (Å²) < 4.78 is 6.69. The molecule has 0 saturated carbocycles. The van der Waals surface area contributed by atoms with Crippen LogP contribution in [0.15, 0.2) is 28.2 Å². The smallest absolute Gasteiger partial charge is 0.319 e. The van der Waals surface area contributed by atoms with E-state index in [-0.39, 0.29) is 16.8 Å². The number of rotatable bonds is 5. The predicted octanol–water partition coefficient (Wildman–Crippen LogP) is 3.50. The fraction of sp³-hybridized carbons (Fsp3) is 0.471. The van der Waals surface area contributed by atoms with Gasteiger partial charge in [0.05, 0.1) is 17.5 Å². The molecule has 3 rings (SSSR count). The van der Waals surface area contributed by atoms with E-state index in [1.807, 2.05) is 0 Å². The molecule has 1 aromatic heterocycles. The highest BCUT2D eigenvalue weighted by molar-refractivity contribution is 8.00. The van der Waals surface area contributed by atoms with Gasteiger partial charge in [0.1, 0.15) is 5.25 Å². The van der Waals surface area contributed by atoms with Crippen molar-refractivity contribution in [1.82, 2.24) is 9.55 Å². The molecule has 0 aliphatic carbocycles. The molecule has 128 valence electrons. The molecule has 1 atom stereocenters. The Morgan fingerprint density at radius 2 is 2.21 bits per heavy atom. The molecule has 0 amide bonds. The van der Waals surface area contributed by atoms with Crippen molar-refractivity contribution in [3.8, 4) is 0 Å². The van der Waals surface area contributed by atoms with Crippen molar-refractivity contribution in [3.05, 3.63) is 33.6 Å². The number of thioether (sulfide) groups is 1. The van der Waals surface area contributed by atoms with Crippen molar-refractivity contribution < 1.29 is 9.53 Å². The van der Waals surface area contributed by atoms with Gasteiger partial charge in [-0.2, -0.15) is 0 Å². The van der Waals surface area contributed by atoms with Crippen LogP contribution in [0.2, 0.25) is 5.02 Å². The molecule has 2 heterocycles. The Balaban J connectivity index is 2.06. The first kappa shape index (κ1) is 17.3. The number of fused-ring (bicyclic) bond motifs is 1. The Labute approximate surface area is 149 Å². The van der Waals surface area contributed by atoms with Crippen LogP contribution >= 0.6 is 23.4 Å². The van der Waals surface area contributed by atoms with Gasteiger partial charge in [0, 0.05) is 18.0 Å². The van der Waals surface area contributed by atoms with Gasteiger partial charge in [-0.05, 0) is 30.5 Å². The standard InChI is InChI=1S/C17H19ClN2O3S/c1-10(2)5-7-20-15(21)12-4-3-11(18)9-13(12)19-17(20)24-14-6-8-23-16(14)22/h3-4,9-10,14H,5-8H2,1-2H3. The van der Waals surface area contributed by atoms with E-state index in [0.29, 0.717) is 46.6 Å². The minimum Gasteiger partial charge on any atom is -0.465 e. The lowest BCUT2D eigenvalue weighted by molar-refractivity contribution is -0.137. The third kappa shape index (κ3) is 3.59. The van der Waals surface area contributed by atoms with Crippen molar-refractivity contribution in [1.29, 1.82) is 0 Å². The molecule has 1 saturated heterocycles. The van der Waals surface area contributed by atoms with Gasteiger partial charge < -0.3 is 4.74 Å². The number of carbonyl (C=O) groups excluding carboxylic acids is 1. The number of aromatic nitrogens is 2. The summed E-state index contributed by atoms with van der Waals surface area (Å²) in [6, 6.07) is 5.08. The molecule has 0 bridgehead atoms. The third-order valence-electron chi connectivity index (χ3n) is 3.95. The SMILES string of the molecule is CC(C)CCn1c(SC2CCOC2=O)nc2cc(Cl)ccc2c1=O. The van der Waals surface area contributed by atoms with E-state index in [2.05, 4.69) is 18.8 Å². The minimum atomic E-state index is -0.307. The zero-order valence-corrected chi connectivity index (χ0v) is 15.2. The maximum atomic E-state index is 12.9. The molecular weight excluding hydrogens is 348 g/mol. The summed E-state index contributed by atoms with van der Waals surface area (Å²) >= 11 is 7.34. The molecule has 0 radical (unpaired) electrons. The molecule has 1 aliphatic rings. The van der Waals surface area contributed by atoms with Crippen molar-refractivity contribution >= 4 is 40.2 Å². The van der Waals surface area contributed by atoms with Crippen LogP contribution in [-0.4, -0.2) is 27.4 Å². The summed E-state index contributed by atoms with van der Waals surface area (Å²) in [7, 11) is 0. The van der Waals surface area contributed by atoms with E-state index in [1.165, 1.54) is 11.8 Å². The van der Waals surface area contributed by atoms with Gasteiger partial charge in [0.25, 0.3) is 5.56 Å². The second kappa shape index (κ2) is 7.15. The van der Waals surface area contributed by atoms with Gasteiger partial charge in [-0.1, -0.05) is 37.2 Å². The topological polar surface area (TPSA) is 61.2 Å². The maximum Gasteiger partial charge on any atom is 0.319 e. The van der Waals surface area contributed by atoms with Crippen molar-refractivity contribution in [2.75, 3.05) is 6.61 Å². The third-order valence-corrected chi connectivity index (χ3v) is 5.42. The Morgan fingerprint density at radius 1 is 1.42 bits per heavy atom. The van der Waals surface area contributed by atoms with Gasteiger partial charge >= 0.3 is 5.97 Å².